The van der Waals surface area contributed by atoms with Gasteiger partial charge >= 0.3 is 0 Å². The Labute approximate surface area is 210 Å². The molecule has 0 spiro atoms. The van der Waals surface area contributed by atoms with Gasteiger partial charge in [0.25, 0.3) is 5.91 Å². The van der Waals surface area contributed by atoms with E-state index in [9.17, 15) is 4.79 Å². The van der Waals surface area contributed by atoms with Gasteiger partial charge in [-0.15, -0.1) is 22.7 Å². The molecule has 2 aliphatic rings. The number of hydrogen-bond acceptors (Lipinski definition) is 8. The predicted octanol–water partition coefficient (Wildman–Crippen LogP) is 5.67. The van der Waals surface area contributed by atoms with Crippen molar-refractivity contribution in [3.63, 3.8) is 0 Å². The molecule has 4 heterocycles. The fourth-order valence-electron chi connectivity index (χ4n) is 3.99. The standard InChI is InChI=1S/C24H24N6OS3/c1-14-25-11-18(32-14)13-29-15(2)30(12-16-4-5-20-17(8-16)10-26-27-20)23-19(22(29)31)9-21(33-23)34-28-24(3)6-7-24/h4-5,8-11,28H,2,6-7,12-13H2,1,3H3,(H,26,27). The van der Waals surface area contributed by atoms with Gasteiger partial charge in [-0.25, -0.2) is 4.98 Å². The van der Waals surface area contributed by atoms with Crippen LogP contribution in [-0.4, -0.2) is 31.5 Å². The van der Waals surface area contributed by atoms with Crippen molar-refractivity contribution in [1.29, 1.82) is 0 Å². The first-order valence-corrected chi connectivity index (χ1v) is 13.5. The summed E-state index contributed by atoms with van der Waals surface area (Å²) < 4.78 is 4.65. The van der Waals surface area contributed by atoms with Crippen LogP contribution in [0.2, 0.25) is 0 Å². The molecular weight excluding hydrogens is 485 g/mol. The van der Waals surface area contributed by atoms with E-state index in [1.54, 1.807) is 39.5 Å². The number of nitrogens with zero attached hydrogens (tertiary/aromatic N) is 4. The van der Waals surface area contributed by atoms with Crippen LogP contribution in [0.25, 0.3) is 10.9 Å². The number of aromatic amines is 1. The Morgan fingerprint density at radius 1 is 1.21 bits per heavy atom. The molecule has 0 radical (unpaired) electrons. The van der Waals surface area contributed by atoms with Gasteiger partial charge in [-0.1, -0.05) is 12.6 Å². The monoisotopic (exact) mass is 508 g/mol. The number of thiophene rings is 1. The summed E-state index contributed by atoms with van der Waals surface area (Å²) in [6.07, 6.45) is 6.06. The molecule has 7 nitrogen and oxygen atoms in total. The average Bonchev–Trinajstić information content (AvgIpc) is 3.21. The smallest absolute Gasteiger partial charge is 0.262 e. The van der Waals surface area contributed by atoms with E-state index >= 15 is 0 Å². The van der Waals surface area contributed by atoms with Crippen molar-refractivity contribution in [1.82, 2.24) is 24.8 Å². The zero-order valence-electron chi connectivity index (χ0n) is 18.9. The van der Waals surface area contributed by atoms with E-state index in [-0.39, 0.29) is 11.4 Å². The molecule has 1 amide bonds. The molecule has 4 aromatic rings. The number of aromatic nitrogens is 3. The van der Waals surface area contributed by atoms with E-state index in [0.29, 0.717) is 18.9 Å². The Morgan fingerprint density at radius 2 is 2.06 bits per heavy atom. The van der Waals surface area contributed by atoms with Crippen LogP contribution in [0.5, 0.6) is 0 Å². The minimum absolute atomic E-state index is 0.00618. The molecule has 2 N–H and O–H groups in total. The number of fused-ring (bicyclic) bond motifs is 2. The maximum absolute atomic E-state index is 13.6. The fraction of sp³-hybridized carbons (Fsp3) is 0.292. The van der Waals surface area contributed by atoms with Gasteiger partial charge in [-0.3, -0.25) is 19.5 Å². The third-order valence-corrected chi connectivity index (χ3v) is 9.52. The Hall–Kier alpha value is -2.66. The van der Waals surface area contributed by atoms with E-state index in [1.165, 1.54) is 12.8 Å². The molecule has 6 rings (SSSR count). The van der Waals surface area contributed by atoms with Crippen molar-refractivity contribution in [2.75, 3.05) is 4.90 Å². The highest BCUT2D eigenvalue weighted by atomic mass is 32.2. The van der Waals surface area contributed by atoms with Crippen LogP contribution in [0.15, 0.2) is 53.3 Å². The second-order valence-corrected chi connectivity index (χ2v) is 12.5. The van der Waals surface area contributed by atoms with Gasteiger partial charge in [-0.05, 0) is 62.4 Å². The van der Waals surface area contributed by atoms with Crippen LogP contribution in [0, 0.1) is 6.92 Å². The highest BCUT2D eigenvalue weighted by Crippen LogP contribution is 2.45. The number of rotatable bonds is 7. The van der Waals surface area contributed by atoms with Gasteiger partial charge in [0.2, 0.25) is 0 Å². The number of amides is 1. The Morgan fingerprint density at radius 3 is 2.82 bits per heavy atom. The summed E-state index contributed by atoms with van der Waals surface area (Å²) in [6, 6.07) is 8.30. The van der Waals surface area contributed by atoms with Crippen LogP contribution < -0.4 is 9.62 Å². The van der Waals surface area contributed by atoms with Crippen molar-refractivity contribution in [2.24, 2.45) is 0 Å². The quantitative estimate of drug-likeness (QED) is 0.313. The summed E-state index contributed by atoms with van der Waals surface area (Å²) in [5.41, 5.74) is 3.08. The lowest BCUT2D eigenvalue weighted by Crippen LogP contribution is -2.42. The van der Waals surface area contributed by atoms with Gasteiger partial charge in [0.15, 0.2) is 0 Å². The van der Waals surface area contributed by atoms with E-state index in [1.807, 2.05) is 31.5 Å². The molecule has 174 valence electrons. The topological polar surface area (TPSA) is 77.2 Å². The third kappa shape index (κ3) is 4.04. The molecule has 0 unspecified atom stereocenters. The molecule has 1 aliphatic heterocycles. The Bertz CT molecular complexity index is 1410. The summed E-state index contributed by atoms with van der Waals surface area (Å²) in [4.78, 5) is 22.9. The van der Waals surface area contributed by atoms with Crippen LogP contribution in [0.4, 0.5) is 5.00 Å². The van der Waals surface area contributed by atoms with Gasteiger partial charge in [0.05, 0.1) is 39.6 Å². The minimum Gasteiger partial charge on any atom is -0.315 e. The molecule has 1 fully saturated rings. The Balaban J connectivity index is 1.35. The zero-order valence-corrected chi connectivity index (χ0v) is 21.4. The number of aryl methyl sites for hydroxylation is 1. The van der Waals surface area contributed by atoms with Crippen molar-refractivity contribution in [2.45, 2.75) is 49.5 Å². The second kappa shape index (κ2) is 8.23. The number of hydrogen-bond donors (Lipinski definition) is 2. The molecule has 0 bridgehead atoms. The number of carbonyl (C=O) groups is 1. The summed E-state index contributed by atoms with van der Waals surface area (Å²) in [7, 11) is 0. The molecule has 10 heteroatoms. The first-order valence-electron chi connectivity index (χ1n) is 11.1. The summed E-state index contributed by atoms with van der Waals surface area (Å²) in [5, 5.41) is 10.1. The number of nitrogens with one attached hydrogen (secondary N) is 2. The second-order valence-electron chi connectivity index (χ2n) is 9.08. The van der Waals surface area contributed by atoms with Crippen molar-refractivity contribution in [3.8, 4) is 0 Å². The SMILES string of the molecule is C=C1N(Cc2cnc(C)s2)C(=O)c2cc(SNC3(C)CC3)sc2N1Cc1ccc2[nH]ncc2c1. The fourth-order valence-corrected chi connectivity index (χ4v) is 6.93. The van der Waals surface area contributed by atoms with Crippen LogP contribution in [0.1, 0.15) is 45.6 Å². The maximum Gasteiger partial charge on any atom is 0.262 e. The van der Waals surface area contributed by atoms with Crippen molar-refractivity contribution < 1.29 is 4.79 Å². The lowest BCUT2D eigenvalue weighted by molar-refractivity contribution is 0.0784. The van der Waals surface area contributed by atoms with Gasteiger partial charge in [0, 0.05) is 22.0 Å². The average molecular weight is 509 g/mol. The molecule has 1 saturated carbocycles. The summed E-state index contributed by atoms with van der Waals surface area (Å²) in [5.74, 6) is 0.685. The number of benzene rings is 1. The first-order chi connectivity index (χ1) is 16.4. The normalized spacial score (nSPS) is 17.0. The zero-order chi connectivity index (χ0) is 23.4. The third-order valence-electron chi connectivity index (χ3n) is 6.26. The van der Waals surface area contributed by atoms with Crippen molar-refractivity contribution >= 4 is 56.4 Å². The molecule has 0 saturated heterocycles. The number of carbonyl (C=O) groups excluding carboxylic acids is 1. The first kappa shape index (κ1) is 21.8. The predicted molar refractivity (Wildman–Crippen MR) is 139 cm³/mol. The number of H-pyrrole nitrogens is 1. The number of anilines is 1. The van der Waals surface area contributed by atoms with E-state index in [0.717, 1.165) is 41.1 Å². The highest BCUT2D eigenvalue weighted by Gasteiger charge is 2.38. The van der Waals surface area contributed by atoms with Crippen LogP contribution >= 0.6 is 34.6 Å². The molecule has 3 aromatic heterocycles. The van der Waals surface area contributed by atoms with Crippen molar-refractivity contribution in [3.05, 3.63) is 70.1 Å². The lowest BCUT2D eigenvalue weighted by Gasteiger charge is -2.37. The van der Waals surface area contributed by atoms with Gasteiger partial charge < -0.3 is 4.90 Å². The van der Waals surface area contributed by atoms with E-state index in [2.05, 4.69) is 50.4 Å². The summed E-state index contributed by atoms with van der Waals surface area (Å²) in [6.45, 7) is 9.66. The molecule has 1 aromatic carbocycles. The van der Waals surface area contributed by atoms with Gasteiger partial charge in [0.1, 0.15) is 10.8 Å². The maximum atomic E-state index is 13.6. The molecule has 1 aliphatic carbocycles. The lowest BCUT2D eigenvalue weighted by atomic mass is 10.1. The largest absolute Gasteiger partial charge is 0.315 e. The van der Waals surface area contributed by atoms with Crippen LogP contribution in [0.3, 0.4) is 0 Å². The van der Waals surface area contributed by atoms with E-state index < -0.39 is 0 Å². The number of thiazole rings is 1. The summed E-state index contributed by atoms with van der Waals surface area (Å²) >= 11 is 4.88. The van der Waals surface area contributed by atoms with Crippen LogP contribution in [-0.2, 0) is 13.1 Å². The Kier molecular flexibility index (Phi) is 5.29. The molecular formula is C24H24N6OS3. The molecule has 34 heavy (non-hydrogen) atoms. The van der Waals surface area contributed by atoms with E-state index in [4.69, 9.17) is 0 Å². The van der Waals surface area contributed by atoms with Gasteiger partial charge in [-0.2, -0.15) is 5.10 Å². The highest BCUT2D eigenvalue weighted by molar-refractivity contribution is 7.99. The minimum atomic E-state index is -0.00618. The molecule has 0 atom stereocenters.